The van der Waals surface area contributed by atoms with Crippen molar-refractivity contribution in [3.63, 3.8) is 0 Å². The zero-order valence-corrected chi connectivity index (χ0v) is 22.4. The molecule has 0 spiro atoms. The minimum absolute atomic E-state index is 0.0478. The first-order valence-electron chi connectivity index (χ1n) is 12.5. The number of piperidine rings is 1. The summed E-state index contributed by atoms with van der Waals surface area (Å²) in [6, 6.07) is 1.67. The summed E-state index contributed by atoms with van der Waals surface area (Å²) < 4.78 is 5.41. The summed E-state index contributed by atoms with van der Waals surface area (Å²) in [5.74, 6) is 5.13. The molecule has 1 aromatic rings. The number of carboxylic acids is 1. The van der Waals surface area contributed by atoms with Crippen LogP contribution in [0, 0.1) is 29.1 Å². The molecule has 35 heavy (non-hydrogen) atoms. The summed E-state index contributed by atoms with van der Waals surface area (Å²) >= 11 is 1.06. The fraction of sp³-hybridized carbons (Fsp3) is 0.667. The van der Waals surface area contributed by atoms with E-state index in [0.717, 1.165) is 49.9 Å². The van der Waals surface area contributed by atoms with E-state index in [9.17, 15) is 19.5 Å². The minimum atomic E-state index is -1.11. The molecular weight excluding hydrogens is 464 g/mol. The second-order valence-corrected chi connectivity index (χ2v) is 11.9. The number of hydrogen-bond donors (Lipinski definition) is 1. The third-order valence-corrected chi connectivity index (χ3v) is 7.84. The molecule has 2 amide bonds. The van der Waals surface area contributed by atoms with E-state index >= 15 is 0 Å². The van der Waals surface area contributed by atoms with Crippen LogP contribution in [0.5, 0.6) is 0 Å². The van der Waals surface area contributed by atoms with Crippen LogP contribution in [0.25, 0.3) is 0 Å². The van der Waals surface area contributed by atoms with Gasteiger partial charge < -0.3 is 19.6 Å². The molecule has 1 N–H and O–H groups in total. The molecule has 0 aromatic carbocycles. The lowest BCUT2D eigenvalue weighted by Gasteiger charge is -2.34. The van der Waals surface area contributed by atoms with Crippen molar-refractivity contribution in [2.45, 2.75) is 72.3 Å². The van der Waals surface area contributed by atoms with Crippen molar-refractivity contribution in [3.8, 4) is 11.8 Å². The van der Waals surface area contributed by atoms with E-state index in [1.54, 1.807) is 18.1 Å². The van der Waals surface area contributed by atoms with Crippen LogP contribution in [0.4, 0.5) is 5.69 Å². The first-order valence-corrected chi connectivity index (χ1v) is 13.3. The molecule has 0 bridgehead atoms. The van der Waals surface area contributed by atoms with E-state index in [4.69, 9.17) is 4.74 Å². The second-order valence-electron chi connectivity index (χ2n) is 10.8. The topological polar surface area (TPSA) is 87.2 Å². The summed E-state index contributed by atoms with van der Waals surface area (Å²) in [5, 5.41) is 9.94. The Morgan fingerprint density at radius 2 is 1.77 bits per heavy atom. The van der Waals surface area contributed by atoms with E-state index in [1.807, 2.05) is 20.8 Å². The molecule has 7 nitrogen and oxygen atoms in total. The van der Waals surface area contributed by atoms with E-state index < -0.39 is 5.97 Å². The Bertz CT molecular complexity index is 983. The van der Waals surface area contributed by atoms with Gasteiger partial charge in [0.25, 0.3) is 0 Å². The molecule has 2 aliphatic rings. The van der Waals surface area contributed by atoms with Gasteiger partial charge in [-0.2, -0.15) is 0 Å². The second kappa shape index (κ2) is 11.6. The number of carbonyl (C=O) groups excluding carboxylic acids is 2. The third kappa shape index (κ3) is 7.31. The fourth-order valence-corrected chi connectivity index (χ4v) is 5.48. The van der Waals surface area contributed by atoms with Gasteiger partial charge in [-0.1, -0.05) is 18.8 Å². The number of carboxylic acid groups (broad SMARTS) is 1. The first-order chi connectivity index (χ1) is 16.5. The Kier molecular flexibility index (Phi) is 9.00. The van der Waals surface area contributed by atoms with Crippen LogP contribution in [0.1, 0.15) is 80.8 Å². The van der Waals surface area contributed by atoms with Crippen molar-refractivity contribution < 1.29 is 24.2 Å². The highest BCUT2D eigenvalue weighted by molar-refractivity contribution is 7.15. The highest BCUT2D eigenvalue weighted by Gasteiger charge is 2.34. The molecule has 1 saturated heterocycles. The molecule has 2 fully saturated rings. The number of aromatic carboxylic acids is 1. The predicted molar refractivity (Wildman–Crippen MR) is 138 cm³/mol. The van der Waals surface area contributed by atoms with Gasteiger partial charge in [0.2, 0.25) is 11.8 Å². The van der Waals surface area contributed by atoms with Crippen molar-refractivity contribution >= 4 is 34.8 Å². The lowest BCUT2D eigenvalue weighted by atomic mass is 9.82. The lowest BCUT2D eigenvalue weighted by Crippen LogP contribution is -2.48. The van der Waals surface area contributed by atoms with E-state index in [1.165, 1.54) is 4.90 Å². The van der Waals surface area contributed by atoms with Gasteiger partial charge in [0, 0.05) is 31.5 Å². The van der Waals surface area contributed by atoms with Crippen molar-refractivity contribution in [2.75, 3.05) is 31.6 Å². The summed E-state index contributed by atoms with van der Waals surface area (Å²) in [6.45, 7) is 9.11. The van der Waals surface area contributed by atoms with Crippen molar-refractivity contribution in [1.29, 1.82) is 0 Å². The normalized spacial score (nSPS) is 21.2. The predicted octanol–water partition coefficient (Wildman–Crippen LogP) is 4.64. The molecule has 8 heteroatoms. The smallest absolute Gasteiger partial charge is 0.348 e. The molecular formula is C27H38N2O5S. The van der Waals surface area contributed by atoms with Gasteiger partial charge in [-0.25, -0.2) is 4.79 Å². The average molecular weight is 503 g/mol. The van der Waals surface area contributed by atoms with Crippen molar-refractivity contribution in [1.82, 2.24) is 4.90 Å². The standard InChI is InChI=1S/C27H38N2O5S/c1-18-6-8-19(9-7-18)25(31)29(17-23(30)28-14-11-20(34-5)12-15-28)22-16-21(10-13-27(2,3)4)35-24(22)26(32)33/h16,18-20H,6-9,11-12,14-15,17H2,1-5H3,(H,32,33). The summed E-state index contributed by atoms with van der Waals surface area (Å²) in [7, 11) is 1.68. The summed E-state index contributed by atoms with van der Waals surface area (Å²) in [6.07, 6.45) is 5.08. The highest BCUT2D eigenvalue weighted by Crippen LogP contribution is 2.35. The van der Waals surface area contributed by atoms with Crippen molar-refractivity contribution in [3.05, 3.63) is 15.8 Å². The largest absolute Gasteiger partial charge is 0.477 e. The molecule has 1 aromatic heterocycles. The Morgan fingerprint density at radius 1 is 1.14 bits per heavy atom. The quantitative estimate of drug-likeness (QED) is 0.573. The van der Waals surface area contributed by atoms with Crippen LogP contribution >= 0.6 is 11.3 Å². The number of amides is 2. The number of ether oxygens (including phenoxy) is 1. The molecule has 0 atom stereocenters. The lowest BCUT2D eigenvalue weighted by molar-refractivity contribution is -0.134. The SMILES string of the molecule is COC1CCN(C(=O)CN(C(=O)C2CCC(C)CC2)c2cc(C#CC(C)(C)C)sc2C(=O)O)CC1. The molecule has 1 aliphatic heterocycles. The Hall–Kier alpha value is -2.37. The monoisotopic (exact) mass is 502 g/mol. The summed E-state index contributed by atoms with van der Waals surface area (Å²) in [5.41, 5.74) is 0.0380. The maximum atomic E-state index is 13.7. The van der Waals surface area contributed by atoms with Gasteiger partial charge in [0.15, 0.2) is 0 Å². The Morgan fingerprint density at radius 3 is 2.31 bits per heavy atom. The highest BCUT2D eigenvalue weighted by atomic mass is 32.1. The first kappa shape index (κ1) is 27.2. The average Bonchev–Trinajstić information content (AvgIpc) is 3.25. The van der Waals surface area contributed by atoms with Crippen LogP contribution in [-0.4, -0.2) is 60.6 Å². The number of carbonyl (C=O) groups is 3. The molecule has 1 aliphatic carbocycles. The van der Waals surface area contributed by atoms with Crippen molar-refractivity contribution in [2.24, 2.45) is 17.3 Å². The number of anilines is 1. The van der Waals surface area contributed by atoms with Crippen LogP contribution in [0.3, 0.4) is 0 Å². The molecule has 192 valence electrons. The van der Waals surface area contributed by atoms with E-state index in [0.29, 0.717) is 23.9 Å². The van der Waals surface area contributed by atoms with Gasteiger partial charge >= 0.3 is 5.97 Å². The van der Waals surface area contributed by atoms with Gasteiger partial charge in [-0.05, 0) is 71.3 Å². The van der Waals surface area contributed by atoms with Crippen LogP contribution in [0.2, 0.25) is 0 Å². The third-order valence-electron chi connectivity index (χ3n) is 6.81. The zero-order chi connectivity index (χ0) is 25.8. The fourth-order valence-electron chi connectivity index (χ4n) is 4.63. The number of likely N-dealkylation sites (tertiary alicyclic amines) is 1. The molecule has 1 saturated carbocycles. The van der Waals surface area contributed by atoms with Crippen LogP contribution in [-0.2, 0) is 14.3 Å². The number of rotatable bonds is 6. The Labute approximate surface area is 212 Å². The molecule has 3 rings (SSSR count). The maximum absolute atomic E-state index is 13.7. The maximum Gasteiger partial charge on any atom is 0.348 e. The summed E-state index contributed by atoms with van der Waals surface area (Å²) in [4.78, 5) is 43.0. The zero-order valence-electron chi connectivity index (χ0n) is 21.6. The van der Waals surface area contributed by atoms with E-state index in [2.05, 4.69) is 18.8 Å². The number of methoxy groups -OCH3 is 1. The van der Waals surface area contributed by atoms with Crippen LogP contribution in [0.15, 0.2) is 6.07 Å². The number of thiophene rings is 1. The van der Waals surface area contributed by atoms with E-state index in [-0.39, 0.29) is 46.4 Å². The molecule has 0 unspecified atom stereocenters. The van der Waals surface area contributed by atoms with Gasteiger partial charge in [-0.15, -0.1) is 11.3 Å². The molecule has 0 radical (unpaired) electrons. The number of nitrogens with zero attached hydrogens (tertiary/aromatic N) is 2. The van der Waals surface area contributed by atoms with Gasteiger partial charge in [-0.3, -0.25) is 9.59 Å². The Balaban J connectivity index is 1.92. The molecule has 2 heterocycles. The van der Waals surface area contributed by atoms with Gasteiger partial charge in [0.1, 0.15) is 11.4 Å². The number of hydrogen-bond acceptors (Lipinski definition) is 5. The van der Waals surface area contributed by atoms with Gasteiger partial charge in [0.05, 0.1) is 16.7 Å². The minimum Gasteiger partial charge on any atom is -0.477 e. The van der Waals surface area contributed by atoms with Crippen LogP contribution < -0.4 is 4.90 Å².